The molecule has 0 N–H and O–H groups in total. The van der Waals surface area contributed by atoms with Gasteiger partial charge in [-0.1, -0.05) is 12.1 Å². The van der Waals surface area contributed by atoms with E-state index in [1.807, 2.05) is 59.6 Å². The molecule has 0 unspecified atom stereocenters. The van der Waals surface area contributed by atoms with Crippen molar-refractivity contribution in [3.63, 3.8) is 0 Å². The van der Waals surface area contributed by atoms with Gasteiger partial charge >= 0.3 is 0 Å². The Hall–Kier alpha value is -3.66. The van der Waals surface area contributed by atoms with Crippen LogP contribution in [0.5, 0.6) is 0 Å². The summed E-state index contributed by atoms with van der Waals surface area (Å²) in [7, 11) is 1.91. The molecule has 0 aliphatic carbocycles. The van der Waals surface area contributed by atoms with Crippen molar-refractivity contribution in [2.45, 2.75) is 13.0 Å². The molecule has 0 saturated carbocycles. The van der Waals surface area contributed by atoms with E-state index < -0.39 is 0 Å². The molecule has 0 radical (unpaired) electrons. The summed E-state index contributed by atoms with van der Waals surface area (Å²) in [5.41, 5.74) is 1.34. The lowest BCUT2D eigenvalue weighted by molar-refractivity contribution is 0.550. The Kier molecular flexibility index (Phi) is 3.86. The topological polar surface area (TPSA) is 85.5 Å². The van der Waals surface area contributed by atoms with Gasteiger partial charge in [0, 0.05) is 25.0 Å². The molecule has 1 atom stereocenters. The van der Waals surface area contributed by atoms with Crippen molar-refractivity contribution in [3.8, 4) is 29.0 Å². The van der Waals surface area contributed by atoms with E-state index in [0.29, 0.717) is 22.9 Å². The first kappa shape index (κ1) is 15.8. The Bertz CT molecular complexity index is 1100. The van der Waals surface area contributed by atoms with Gasteiger partial charge in [-0.2, -0.15) is 5.26 Å². The first-order valence-electron chi connectivity index (χ1n) is 8.15. The van der Waals surface area contributed by atoms with Gasteiger partial charge in [-0.25, -0.2) is 4.98 Å². The molecule has 0 fully saturated rings. The zero-order valence-corrected chi connectivity index (χ0v) is 14.4. The standard InChI is InChI=1S/C19H16N6O/c1-13(18-23-22-12-24(18)2)25-10-9-21-19(25)17-8-7-16(26-17)15-6-4-3-5-14(15)11-20/h3-10,12-13H,1-2H3/t13-/m0/s1. The van der Waals surface area contributed by atoms with E-state index in [2.05, 4.69) is 21.3 Å². The SMILES string of the molecule is C[C@@H](c1nncn1C)n1ccnc1-c1ccc(-c2ccccc2C#N)o1. The van der Waals surface area contributed by atoms with Crippen LogP contribution < -0.4 is 0 Å². The molecule has 3 aromatic heterocycles. The quantitative estimate of drug-likeness (QED) is 0.566. The van der Waals surface area contributed by atoms with Crippen molar-refractivity contribution in [2.75, 3.05) is 0 Å². The van der Waals surface area contributed by atoms with Crippen molar-refractivity contribution in [3.05, 3.63) is 66.5 Å². The largest absolute Gasteiger partial charge is 0.453 e. The minimum Gasteiger partial charge on any atom is -0.453 e. The van der Waals surface area contributed by atoms with Crippen LogP contribution in [0.1, 0.15) is 24.4 Å². The van der Waals surface area contributed by atoms with Gasteiger partial charge in [-0.3, -0.25) is 0 Å². The fourth-order valence-electron chi connectivity index (χ4n) is 3.01. The van der Waals surface area contributed by atoms with Crippen LogP contribution >= 0.6 is 0 Å². The monoisotopic (exact) mass is 344 g/mol. The molecule has 7 nitrogen and oxygen atoms in total. The highest BCUT2D eigenvalue weighted by Gasteiger charge is 2.20. The zero-order chi connectivity index (χ0) is 18.1. The van der Waals surface area contributed by atoms with Gasteiger partial charge in [0.2, 0.25) is 0 Å². The van der Waals surface area contributed by atoms with E-state index in [0.717, 1.165) is 11.4 Å². The van der Waals surface area contributed by atoms with E-state index in [4.69, 9.17) is 4.42 Å². The number of hydrogen-bond acceptors (Lipinski definition) is 5. The third-order valence-corrected chi connectivity index (χ3v) is 4.35. The lowest BCUT2D eigenvalue weighted by atomic mass is 10.1. The smallest absolute Gasteiger partial charge is 0.176 e. The van der Waals surface area contributed by atoms with E-state index in [1.54, 1.807) is 18.6 Å². The molecular weight excluding hydrogens is 328 g/mol. The average molecular weight is 344 g/mol. The maximum atomic E-state index is 9.30. The van der Waals surface area contributed by atoms with Crippen LogP contribution in [0.25, 0.3) is 22.9 Å². The summed E-state index contributed by atoms with van der Waals surface area (Å²) in [4.78, 5) is 4.44. The summed E-state index contributed by atoms with van der Waals surface area (Å²) >= 11 is 0. The fourth-order valence-corrected chi connectivity index (χ4v) is 3.01. The van der Waals surface area contributed by atoms with E-state index >= 15 is 0 Å². The minimum absolute atomic E-state index is 0.0556. The Labute approximate surface area is 150 Å². The highest BCUT2D eigenvalue weighted by atomic mass is 16.3. The molecule has 0 saturated heterocycles. The second-order valence-corrected chi connectivity index (χ2v) is 5.96. The third-order valence-electron chi connectivity index (χ3n) is 4.35. The maximum Gasteiger partial charge on any atom is 0.176 e. The molecule has 4 rings (SSSR count). The van der Waals surface area contributed by atoms with Crippen LogP contribution in [0.4, 0.5) is 0 Å². The number of benzene rings is 1. The number of aromatic nitrogens is 5. The van der Waals surface area contributed by atoms with Crippen LogP contribution in [0.15, 0.2) is 59.5 Å². The van der Waals surface area contributed by atoms with Crippen molar-refractivity contribution in [1.82, 2.24) is 24.3 Å². The van der Waals surface area contributed by atoms with Crippen LogP contribution in [0.3, 0.4) is 0 Å². The molecule has 4 aromatic rings. The molecule has 26 heavy (non-hydrogen) atoms. The van der Waals surface area contributed by atoms with Crippen LogP contribution in [-0.2, 0) is 7.05 Å². The van der Waals surface area contributed by atoms with Gasteiger partial charge in [0.25, 0.3) is 0 Å². The van der Waals surface area contributed by atoms with Crippen LogP contribution in [0.2, 0.25) is 0 Å². The first-order chi connectivity index (χ1) is 12.7. The zero-order valence-electron chi connectivity index (χ0n) is 14.4. The first-order valence-corrected chi connectivity index (χ1v) is 8.15. The van der Waals surface area contributed by atoms with Gasteiger partial charge < -0.3 is 13.6 Å². The molecule has 3 heterocycles. The molecule has 128 valence electrons. The van der Waals surface area contributed by atoms with Crippen LogP contribution in [-0.4, -0.2) is 24.3 Å². The van der Waals surface area contributed by atoms with Gasteiger partial charge in [0.1, 0.15) is 12.1 Å². The number of furan rings is 1. The summed E-state index contributed by atoms with van der Waals surface area (Å²) < 4.78 is 9.89. The van der Waals surface area contributed by atoms with Gasteiger partial charge in [-0.05, 0) is 31.2 Å². The van der Waals surface area contributed by atoms with Crippen molar-refractivity contribution < 1.29 is 4.42 Å². The number of aryl methyl sites for hydroxylation is 1. The average Bonchev–Trinajstić information content (AvgIpc) is 3.40. The highest BCUT2D eigenvalue weighted by Crippen LogP contribution is 2.31. The summed E-state index contributed by atoms with van der Waals surface area (Å²) in [6.07, 6.45) is 5.29. The Morgan fingerprint density at radius 3 is 2.73 bits per heavy atom. The lowest BCUT2D eigenvalue weighted by Gasteiger charge is -2.14. The number of hydrogen-bond donors (Lipinski definition) is 0. The molecule has 1 aromatic carbocycles. The van der Waals surface area contributed by atoms with Crippen LogP contribution in [0, 0.1) is 11.3 Å². The number of imidazole rings is 1. The van der Waals surface area contributed by atoms with Crippen molar-refractivity contribution >= 4 is 0 Å². The van der Waals surface area contributed by atoms with E-state index in [9.17, 15) is 5.26 Å². The Balaban J connectivity index is 1.73. The molecule has 0 spiro atoms. The predicted molar refractivity (Wildman–Crippen MR) is 94.9 cm³/mol. The summed E-state index contributed by atoms with van der Waals surface area (Å²) in [5, 5.41) is 17.4. The summed E-state index contributed by atoms with van der Waals surface area (Å²) in [6.45, 7) is 2.03. The fraction of sp³-hybridized carbons (Fsp3) is 0.158. The highest BCUT2D eigenvalue weighted by molar-refractivity contribution is 5.68. The lowest BCUT2D eigenvalue weighted by Crippen LogP contribution is -2.12. The Morgan fingerprint density at radius 1 is 1.15 bits per heavy atom. The molecule has 0 amide bonds. The van der Waals surface area contributed by atoms with Gasteiger partial charge in [-0.15, -0.1) is 10.2 Å². The van der Waals surface area contributed by atoms with Crippen molar-refractivity contribution in [2.24, 2.45) is 7.05 Å². The molecule has 7 heteroatoms. The maximum absolute atomic E-state index is 9.30. The van der Waals surface area contributed by atoms with E-state index in [-0.39, 0.29) is 6.04 Å². The third kappa shape index (κ3) is 2.58. The summed E-state index contributed by atoms with van der Waals surface area (Å²) in [6, 6.07) is 13.2. The molecule has 0 bridgehead atoms. The summed E-state index contributed by atoms with van der Waals surface area (Å²) in [5.74, 6) is 2.79. The number of rotatable bonds is 4. The second-order valence-electron chi connectivity index (χ2n) is 5.96. The predicted octanol–water partition coefficient (Wildman–Crippen LogP) is 3.42. The second kappa shape index (κ2) is 6.33. The van der Waals surface area contributed by atoms with Crippen molar-refractivity contribution in [1.29, 1.82) is 5.26 Å². The minimum atomic E-state index is -0.0556. The van der Waals surface area contributed by atoms with Gasteiger partial charge in [0.05, 0.1) is 17.7 Å². The molecule has 0 aliphatic rings. The number of nitrogens with zero attached hydrogens (tertiary/aromatic N) is 6. The normalized spacial score (nSPS) is 12.0. The molecule has 0 aliphatic heterocycles. The molecular formula is C19H16N6O. The Morgan fingerprint density at radius 2 is 1.96 bits per heavy atom. The number of nitriles is 1. The van der Waals surface area contributed by atoms with E-state index in [1.165, 1.54) is 0 Å². The van der Waals surface area contributed by atoms with Gasteiger partial charge in [0.15, 0.2) is 17.4 Å².